The fourth-order valence-corrected chi connectivity index (χ4v) is 4.51. The van der Waals surface area contributed by atoms with E-state index in [1.807, 2.05) is 45.0 Å². The second-order valence-corrected chi connectivity index (χ2v) is 9.74. The number of hydrazone groups is 1. The van der Waals surface area contributed by atoms with Gasteiger partial charge in [0.15, 0.2) is 11.3 Å². The van der Waals surface area contributed by atoms with E-state index in [9.17, 15) is 10.1 Å². The average Bonchev–Trinajstić information content (AvgIpc) is 3.36. The minimum Gasteiger partial charge on any atom is -0.497 e. The molecule has 0 radical (unpaired) electrons. The van der Waals surface area contributed by atoms with Crippen LogP contribution in [-0.2, 0) is 22.8 Å². The molecular formula is C23H28N5O3S+. The summed E-state index contributed by atoms with van der Waals surface area (Å²) in [5.41, 5.74) is 1.14. The maximum Gasteiger partial charge on any atom is 0.410 e. The van der Waals surface area contributed by atoms with Crippen molar-refractivity contribution in [2.75, 3.05) is 20.2 Å². The number of nitriles is 1. The number of carbonyl (C=O) groups is 1. The monoisotopic (exact) mass is 454 g/mol. The fourth-order valence-electron chi connectivity index (χ4n) is 3.27. The Morgan fingerprint density at radius 3 is 2.72 bits per heavy atom. The van der Waals surface area contributed by atoms with Crippen LogP contribution in [0.1, 0.15) is 32.8 Å². The molecule has 9 heteroatoms. The van der Waals surface area contributed by atoms with E-state index in [0.717, 1.165) is 29.3 Å². The van der Waals surface area contributed by atoms with E-state index in [1.165, 1.54) is 0 Å². The van der Waals surface area contributed by atoms with E-state index in [2.05, 4.69) is 22.4 Å². The van der Waals surface area contributed by atoms with Crippen molar-refractivity contribution in [1.82, 2.24) is 10.2 Å². The van der Waals surface area contributed by atoms with E-state index in [1.54, 1.807) is 16.1 Å². The van der Waals surface area contributed by atoms with Crippen LogP contribution in [0.3, 0.4) is 0 Å². The zero-order chi connectivity index (χ0) is 23.3. The van der Waals surface area contributed by atoms with Crippen molar-refractivity contribution in [3.05, 3.63) is 41.2 Å². The molecule has 0 spiro atoms. The Bertz CT molecular complexity index is 1060. The van der Waals surface area contributed by atoms with E-state index in [4.69, 9.17) is 15.9 Å². The van der Waals surface area contributed by atoms with Crippen LogP contribution in [-0.4, -0.2) is 51.8 Å². The number of thiol groups is 1. The topological polar surface area (TPSA) is 90.0 Å². The maximum atomic E-state index is 12.4. The number of ether oxygens (including phenoxy) is 2. The van der Waals surface area contributed by atoms with Crippen LogP contribution < -0.4 is 10.1 Å². The van der Waals surface area contributed by atoms with Crippen molar-refractivity contribution in [2.45, 2.75) is 44.6 Å². The van der Waals surface area contributed by atoms with Gasteiger partial charge < -0.3 is 14.4 Å². The van der Waals surface area contributed by atoms with Gasteiger partial charge in [0.2, 0.25) is 0 Å². The highest BCUT2D eigenvalue weighted by Crippen LogP contribution is 2.20. The van der Waals surface area contributed by atoms with Crippen LogP contribution in [0.15, 0.2) is 40.8 Å². The third-order valence-corrected chi connectivity index (χ3v) is 6.08. The Hall–Kier alpha value is -3.30. The van der Waals surface area contributed by atoms with Crippen LogP contribution in [0.5, 0.6) is 5.75 Å². The van der Waals surface area contributed by atoms with Gasteiger partial charge in [0.25, 0.3) is 0 Å². The summed E-state index contributed by atoms with van der Waals surface area (Å²) < 4.78 is 12.4. The van der Waals surface area contributed by atoms with Crippen molar-refractivity contribution in [3.63, 3.8) is 0 Å². The predicted molar refractivity (Wildman–Crippen MR) is 124 cm³/mol. The zero-order valence-corrected chi connectivity index (χ0v) is 19.6. The van der Waals surface area contributed by atoms with Crippen LogP contribution in [0.25, 0.3) is 0 Å². The molecule has 2 aliphatic heterocycles. The summed E-state index contributed by atoms with van der Waals surface area (Å²) in [5, 5.41) is 17.6. The van der Waals surface area contributed by atoms with Crippen LogP contribution in [0.4, 0.5) is 4.79 Å². The number of hydrogen-bond donors (Lipinski definition) is 2. The second kappa shape index (κ2) is 9.88. The van der Waals surface area contributed by atoms with E-state index in [0.29, 0.717) is 36.7 Å². The van der Waals surface area contributed by atoms with Gasteiger partial charge in [0, 0.05) is 13.1 Å². The van der Waals surface area contributed by atoms with E-state index < -0.39 is 5.60 Å². The molecule has 168 valence electrons. The lowest BCUT2D eigenvalue weighted by atomic mass is 10.2. The molecule has 1 aromatic rings. The number of nitrogens with zero attached hydrogens (tertiary/aromatic N) is 4. The molecule has 32 heavy (non-hydrogen) atoms. The molecule has 1 N–H and O–H groups in total. The number of nitrogens with one attached hydrogen (secondary N) is 1. The first-order valence-corrected chi connectivity index (χ1v) is 11.2. The van der Waals surface area contributed by atoms with Crippen LogP contribution >= 0.6 is 0 Å². The molecule has 0 bridgehead atoms. The minimum atomic E-state index is -0.531. The molecule has 1 atom stereocenters. The Morgan fingerprint density at radius 2 is 2.12 bits per heavy atom. The lowest BCUT2D eigenvalue weighted by Gasteiger charge is -2.24. The van der Waals surface area contributed by atoms with Gasteiger partial charge in [0.05, 0.1) is 12.4 Å². The summed E-state index contributed by atoms with van der Waals surface area (Å²) in [7, 11) is 1.62. The average molecular weight is 455 g/mol. The van der Waals surface area contributed by atoms with E-state index >= 15 is 0 Å². The number of hydrogen-bond acceptors (Lipinski definition) is 5. The molecule has 2 heterocycles. The van der Waals surface area contributed by atoms with Gasteiger partial charge in [0.1, 0.15) is 24.0 Å². The molecular weight excluding hydrogens is 426 g/mol. The smallest absolute Gasteiger partial charge is 0.410 e. The van der Waals surface area contributed by atoms with Gasteiger partial charge >= 0.3 is 11.9 Å². The zero-order valence-electron chi connectivity index (χ0n) is 18.8. The van der Waals surface area contributed by atoms with Gasteiger partial charge in [-0.15, -0.1) is 6.42 Å². The molecule has 3 rings (SSSR count). The highest BCUT2D eigenvalue weighted by molar-refractivity contribution is 7.66. The molecule has 1 unspecified atom stereocenters. The van der Waals surface area contributed by atoms with Gasteiger partial charge in [-0.2, -0.15) is 5.26 Å². The van der Waals surface area contributed by atoms with Crippen molar-refractivity contribution >= 4 is 23.4 Å². The number of likely N-dealkylation sites (tertiary alicyclic amines) is 1. The highest BCUT2D eigenvalue weighted by Gasteiger charge is 2.34. The molecule has 0 saturated carbocycles. The molecule has 1 saturated heterocycles. The predicted octanol–water partition coefficient (Wildman–Crippen LogP) is 2.54. The number of carbonyl (C=O) groups excluding carboxylic acids is 1. The van der Waals surface area contributed by atoms with Crippen molar-refractivity contribution in [2.24, 2.45) is 5.10 Å². The Kier molecular flexibility index (Phi) is 7.22. The Balaban J connectivity index is 1.75. The summed E-state index contributed by atoms with van der Waals surface area (Å²) in [6.07, 6.45) is 6.09. The van der Waals surface area contributed by atoms with E-state index in [-0.39, 0.29) is 11.3 Å². The number of amides is 1. The van der Waals surface area contributed by atoms with Crippen LogP contribution in [0.2, 0.25) is 0 Å². The number of rotatable bonds is 5. The molecule has 1 aromatic carbocycles. The summed E-state index contributed by atoms with van der Waals surface area (Å²) in [6.45, 7) is 7.24. The van der Waals surface area contributed by atoms with Crippen molar-refractivity contribution in [3.8, 4) is 24.2 Å². The van der Waals surface area contributed by atoms with Gasteiger partial charge in [-0.05, 0) is 62.4 Å². The largest absolute Gasteiger partial charge is 0.497 e. The summed E-state index contributed by atoms with van der Waals surface area (Å²) in [4.78, 5) is 14.1. The molecule has 1 amide bonds. The quantitative estimate of drug-likeness (QED) is 0.405. The second-order valence-electron chi connectivity index (χ2n) is 8.40. The highest BCUT2D eigenvalue weighted by atomic mass is 32.1. The number of methoxy groups -OCH3 is 1. The normalized spacial score (nSPS) is 19.7. The summed E-state index contributed by atoms with van der Waals surface area (Å²) in [6, 6.07) is 9.84. The molecule has 0 aliphatic carbocycles. The third-order valence-electron chi connectivity index (χ3n) is 4.82. The Morgan fingerprint density at radius 1 is 1.41 bits per heavy atom. The van der Waals surface area contributed by atoms with Crippen molar-refractivity contribution in [1.29, 1.82) is 5.26 Å². The maximum absolute atomic E-state index is 12.4. The van der Waals surface area contributed by atoms with Crippen molar-refractivity contribution < 1.29 is 18.3 Å². The van der Waals surface area contributed by atoms with Crippen LogP contribution in [0, 0.1) is 23.7 Å². The lowest BCUT2D eigenvalue weighted by molar-refractivity contribution is -0.456. The molecule has 2 aliphatic rings. The number of benzene rings is 1. The lowest BCUT2D eigenvalue weighted by Crippen LogP contribution is -2.36. The molecule has 0 aromatic heterocycles. The first kappa shape index (κ1) is 23.4. The first-order valence-electron chi connectivity index (χ1n) is 10.3. The summed E-state index contributed by atoms with van der Waals surface area (Å²) >= 11 is 0.845. The third kappa shape index (κ3) is 5.68. The summed E-state index contributed by atoms with van der Waals surface area (Å²) in [5.74, 6) is 3.85. The van der Waals surface area contributed by atoms with Gasteiger partial charge in [-0.1, -0.05) is 21.3 Å². The standard InChI is InChI=1S/C23H28N5O3S/c1-6-20-19(13-24)21(25-14-16-7-9-17(30-5)10-8-16)28(26-20)32-18-11-12-27(15-18)22(29)31-23(2,3)4/h1,7-10,18,25,32H,11-12,14-15H2,2-5H3/q+1. The molecule has 1 fully saturated rings. The van der Waals surface area contributed by atoms with Gasteiger partial charge in [-0.3, -0.25) is 5.32 Å². The SMILES string of the molecule is C#CC1=N/[N+](=[SH]/C2CCN(C(=O)OC(C)(C)C)C2)C(NCc2ccc(OC)cc2)=C1C#N. The number of allylic oxidation sites excluding steroid dienone is 1. The molecule has 8 nitrogen and oxygen atoms in total. The fraction of sp³-hybridized carbons (Fsp3) is 0.435. The minimum absolute atomic E-state index is 0.154. The first-order chi connectivity index (χ1) is 15.2. The Labute approximate surface area is 192 Å². The van der Waals surface area contributed by atoms with Gasteiger partial charge in [-0.25, -0.2) is 4.79 Å². The number of terminal acetylenes is 1.